The van der Waals surface area contributed by atoms with Crippen LogP contribution < -0.4 is 0 Å². The molecule has 0 aliphatic heterocycles. The Morgan fingerprint density at radius 1 is 1.47 bits per heavy atom. The minimum atomic E-state index is -0.915. The van der Waals surface area contributed by atoms with Gasteiger partial charge in [-0.3, -0.25) is 4.57 Å². The molecule has 19 heavy (non-hydrogen) atoms. The van der Waals surface area contributed by atoms with E-state index < -0.39 is 12.0 Å². The summed E-state index contributed by atoms with van der Waals surface area (Å²) < 4.78 is 1.66. The van der Waals surface area contributed by atoms with Gasteiger partial charge in [0.25, 0.3) is 0 Å². The highest BCUT2D eigenvalue weighted by atomic mass is 35.5. The monoisotopic (exact) mass is 281 g/mol. The van der Waals surface area contributed by atoms with E-state index in [0.29, 0.717) is 22.0 Å². The Labute approximate surface area is 116 Å². The molecule has 0 aliphatic carbocycles. The molecule has 6 heteroatoms. The Hall–Kier alpha value is -1.62. The van der Waals surface area contributed by atoms with E-state index in [2.05, 4.69) is 9.97 Å². The summed E-state index contributed by atoms with van der Waals surface area (Å²) in [5.41, 5.74) is 0.881. The fourth-order valence-corrected chi connectivity index (χ4v) is 2.12. The van der Waals surface area contributed by atoms with Gasteiger partial charge in [0.05, 0.1) is 5.02 Å². The van der Waals surface area contributed by atoms with Crippen molar-refractivity contribution in [3.8, 4) is 0 Å². The number of aromatic nitrogens is 3. The van der Waals surface area contributed by atoms with Crippen LogP contribution >= 0.6 is 11.6 Å². The zero-order valence-electron chi connectivity index (χ0n) is 11.3. The minimum Gasteiger partial charge on any atom is -0.480 e. The van der Waals surface area contributed by atoms with Crippen LogP contribution in [0, 0.1) is 0 Å². The molecule has 0 spiro atoms. The summed E-state index contributed by atoms with van der Waals surface area (Å²) in [6, 6.07) is 0.970. The first-order chi connectivity index (χ1) is 8.71. The van der Waals surface area contributed by atoms with Crippen LogP contribution in [-0.4, -0.2) is 25.6 Å². The SMILES string of the molecule is CC(C(=O)O)n1c(C(C)(C)C)nc2cc(Cl)cnc21. The van der Waals surface area contributed by atoms with Crippen molar-refractivity contribution in [1.29, 1.82) is 0 Å². The minimum absolute atomic E-state index is 0.281. The number of rotatable bonds is 2. The Morgan fingerprint density at radius 3 is 2.63 bits per heavy atom. The predicted molar refractivity (Wildman–Crippen MR) is 73.6 cm³/mol. The van der Waals surface area contributed by atoms with Gasteiger partial charge in [0, 0.05) is 11.6 Å². The van der Waals surface area contributed by atoms with E-state index in [1.165, 1.54) is 6.20 Å². The van der Waals surface area contributed by atoms with Crippen LogP contribution in [0.25, 0.3) is 11.2 Å². The number of halogens is 1. The van der Waals surface area contributed by atoms with Crippen molar-refractivity contribution in [2.24, 2.45) is 0 Å². The zero-order valence-corrected chi connectivity index (χ0v) is 12.1. The van der Waals surface area contributed by atoms with Crippen LogP contribution in [0.1, 0.15) is 39.6 Å². The molecule has 2 heterocycles. The summed E-state index contributed by atoms with van der Waals surface area (Å²) in [7, 11) is 0. The van der Waals surface area contributed by atoms with Crippen LogP contribution in [-0.2, 0) is 10.2 Å². The fourth-order valence-electron chi connectivity index (χ4n) is 1.96. The average molecular weight is 282 g/mol. The van der Waals surface area contributed by atoms with Crippen LogP contribution in [0.15, 0.2) is 12.3 Å². The lowest BCUT2D eigenvalue weighted by atomic mass is 9.95. The first-order valence-corrected chi connectivity index (χ1v) is 6.36. The molecule has 0 saturated carbocycles. The van der Waals surface area contributed by atoms with E-state index >= 15 is 0 Å². The number of fused-ring (bicyclic) bond motifs is 1. The molecule has 0 bridgehead atoms. The number of carboxylic acid groups (broad SMARTS) is 1. The highest BCUT2D eigenvalue weighted by Crippen LogP contribution is 2.29. The van der Waals surface area contributed by atoms with E-state index in [1.807, 2.05) is 20.8 Å². The fraction of sp³-hybridized carbons (Fsp3) is 0.462. The predicted octanol–water partition coefficient (Wildman–Crippen LogP) is 3.03. The largest absolute Gasteiger partial charge is 0.480 e. The van der Waals surface area contributed by atoms with Crippen molar-refractivity contribution in [1.82, 2.24) is 14.5 Å². The lowest BCUT2D eigenvalue weighted by molar-refractivity contribution is -0.140. The second-order valence-corrected chi connectivity index (χ2v) is 6.00. The van der Waals surface area contributed by atoms with Crippen molar-refractivity contribution in [3.63, 3.8) is 0 Å². The quantitative estimate of drug-likeness (QED) is 0.919. The first kappa shape index (κ1) is 13.8. The molecule has 5 nitrogen and oxygen atoms in total. The van der Waals surface area contributed by atoms with Gasteiger partial charge in [-0.05, 0) is 13.0 Å². The van der Waals surface area contributed by atoms with Crippen LogP contribution in [0.3, 0.4) is 0 Å². The summed E-state index contributed by atoms with van der Waals surface area (Å²) >= 11 is 5.91. The third-order valence-corrected chi connectivity index (χ3v) is 3.12. The van der Waals surface area contributed by atoms with Crippen LogP contribution in [0.4, 0.5) is 0 Å². The third kappa shape index (κ3) is 2.42. The topological polar surface area (TPSA) is 68.0 Å². The summed E-state index contributed by atoms with van der Waals surface area (Å²) in [6.45, 7) is 7.58. The number of carboxylic acids is 1. The van der Waals surface area contributed by atoms with Crippen molar-refractivity contribution in [2.75, 3.05) is 0 Å². The second kappa shape index (κ2) is 4.49. The maximum Gasteiger partial charge on any atom is 0.326 e. The Bertz CT molecular complexity index is 643. The van der Waals surface area contributed by atoms with E-state index in [-0.39, 0.29) is 5.41 Å². The molecule has 1 atom stereocenters. The summed E-state index contributed by atoms with van der Waals surface area (Å²) in [5.74, 6) is -0.228. The molecule has 2 aromatic heterocycles. The van der Waals surface area contributed by atoms with Crippen molar-refractivity contribution < 1.29 is 9.90 Å². The molecule has 0 aliphatic rings. The van der Waals surface area contributed by atoms with Crippen molar-refractivity contribution in [3.05, 3.63) is 23.1 Å². The smallest absolute Gasteiger partial charge is 0.326 e. The second-order valence-electron chi connectivity index (χ2n) is 5.57. The summed E-state index contributed by atoms with van der Waals surface area (Å²) in [6.07, 6.45) is 1.50. The Morgan fingerprint density at radius 2 is 2.11 bits per heavy atom. The number of pyridine rings is 1. The van der Waals surface area contributed by atoms with Gasteiger partial charge in [-0.1, -0.05) is 32.4 Å². The molecule has 1 unspecified atom stereocenters. The molecule has 102 valence electrons. The van der Waals surface area contributed by atoms with Crippen LogP contribution in [0.2, 0.25) is 5.02 Å². The highest BCUT2D eigenvalue weighted by Gasteiger charge is 2.28. The maximum absolute atomic E-state index is 11.3. The standard InChI is InChI=1S/C13H16ClN3O2/c1-7(11(18)19)17-10-9(5-8(14)6-15-10)16-12(17)13(2,3)4/h5-7H,1-4H3,(H,18,19). The lowest BCUT2D eigenvalue weighted by Gasteiger charge is -2.21. The van der Waals surface area contributed by atoms with Gasteiger partial charge in [-0.25, -0.2) is 14.8 Å². The highest BCUT2D eigenvalue weighted by molar-refractivity contribution is 6.31. The molecule has 0 saturated heterocycles. The number of imidazole rings is 1. The van der Waals surface area contributed by atoms with Gasteiger partial charge in [0.15, 0.2) is 5.65 Å². The van der Waals surface area contributed by atoms with Gasteiger partial charge in [-0.15, -0.1) is 0 Å². The number of hydrogen-bond acceptors (Lipinski definition) is 3. The lowest BCUT2D eigenvalue weighted by Crippen LogP contribution is -2.25. The van der Waals surface area contributed by atoms with Crippen LogP contribution in [0.5, 0.6) is 0 Å². The number of hydrogen-bond donors (Lipinski definition) is 1. The molecule has 2 rings (SSSR count). The molecule has 0 amide bonds. The molecule has 0 fully saturated rings. The van der Waals surface area contributed by atoms with Gasteiger partial charge in [0.1, 0.15) is 17.4 Å². The van der Waals surface area contributed by atoms with E-state index in [4.69, 9.17) is 11.6 Å². The maximum atomic E-state index is 11.3. The first-order valence-electron chi connectivity index (χ1n) is 5.98. The molecular formula is C13H16ClN3O2. The van der Waals surface area contributed by atoms with E-state index in [1.54, 1.807) is 17.6 Å². The number of carbonyl (C=O) groups is 1. The molecule has 0 radical (unpaired) electrons. The van der Waals surface area contributed by atoms with Gasteiger partial charge < -0.3 is 5.11 Å². The normalized spacial score (nSPS) is 13.7. The average Bonchev–Trinajstić information content (AvgIpc) is 2.65. The summed E-state index contributed by atoms with van der Waals surface area (Å²) in [5, 5.41) is 9.74. The molecule has 1 N–H and O–H groups in total. The Kier molecular flexibility index (Phi) is 3.26. The Balaban J connectivity index is 2.79. The van der Waals surface area contributed by atoms with Crippen molar-refractivity contribution in [2.45, 2.75) is 39.2 Å². The number of nitrogens with zero attached hydrogens (tertiary/aromatic N) is 3. The zero-order chi connectivity index (χ0) is 14.4. The van der Waals surface area contributed by atoms with Crippen molar-refractivity contribution >= 4 is 28.7 Å². The van der Waals surface area contributed by atoms with E-state index in [9.17, 15) is 9.90 Å². The molecule has 2 aromatic rings. The molecule has 0 aromatic carbocycles. The third-order valence-electron chi connectivity index (χ3n) is 2.91. The van der Waals surface area contributed by atoms with E-state index in [0.717, 1.165) is 0 Å². The summed E-state index contributed by atoms with van der Waals surface area (Å²) in [4.78, 5) is 20.0. The van der Waals surface area contributed by atoms with Gasteiger partial charge in [0.2, 0.25) is 0 Å². The van der Waals surface area contributed by atoms with Gasteiger partial charge >= 0.3 is 5.97 Å². The van der Waals surface area contributed by atoms with Gasteiger partial charge in [-0.2, -0.15) is 0 Å². The number of aliphatic carboxylic acids is 1. The molecular weight excluding hydrogens is 266 g/mol.